The minimum absolute atomic E-state index is 0.801. The van der Waals surface area contributed by atoms with Crippen molar-refractivity contribution >= 4 is 10.8 Å². The number of fused-ring (bicyclic) bond motifs is 1. The van der Waals surface area contributed by atoms with Crippen molar-refractivity contribution in [3.63, 3.8) is 0 Å². The van der Waals surface area contributed by atoms with Gasteiger partial charge in [-0.3, -0.25) is 0 Å². The van der Waals surface area contributed by atoms with Gasteiger partial charge >= 0.3 is 0 Å². The van der Waals surface area contributed by atoms with Crippen LogP contribution in [-0.2, 0) is 0 Å². The third-order valence-electron chi connectivity index (χ3n) is 3.30. The van der Waals surface area contributed by atoms with Crippen LogP contribution in [0, 0.1) is 0 Å². The predicted octanol–water partition coefficient (Wildman–Crippen LogP) is 4.81. The summed E-state index contributed by atoms with van der Waals surface area (Å²) >= 11 is 0. The van der Waals surface area contributed by atoms with E-state index < -0.39 is 0 Å². The minimum atomic E-state index is 0.801. The van der Waals surface area contributed by atoms with Crippen molar-refractivity contribution in [2.75, 3.05) is 13.7 Å². The maximum atomic E-state index is 5.79. The first-order chi connectivity index (χ1) is 9.35. The Bertz CT molecular complexity index is 520. The lowest BCUT2D eigenvalue weighted by molar-refractivity contribution is 0.305. The van der Waals surface area contributed by atoms with Gasteiger partial charge in [0.25, 0.3) is 0 Å². The van der Waals surface area contributed by atoms with Crippen LogP contribution in [0.3, 0.4) is 0 Å². The standard InChI is InChI=1S/C17H22O2/c1-3-4-5-6-12-19-15-10-11-16-14(13-15)8-7-9-17(16)18-2/h7-11,13H,3-6,12H2,1-2H3. The number of unbranched alkanes of at least 4 members (excludes halogenated alkanes) is 3. The molecule has 0 aliphatic carbocycles. The zero-order valence-electron chi connectivity index (χ0n) is 11.8. The van der Waals surface area contributed by atoms with Crippen LogP contribution in [0.1, 0.15) is 32.6 Å². The summed E-state index contributed by atoms with van der Waals surface area (Å²) in [4.78, 5) is 0. The predicted molar refractivity (Wildman–Crippen MR) is 80.1 cm³/mol. The van der Waals surface area contributed by atoms with Gasteiger partial charge in [-0.1, -0.05) is 38.3 Å². The van der Waals surface area contributed by atoms with E-state index in [0.717, 1.165) is 35.3 Å². The Balaban J connectivity index is 2.01. The molecule has 2 heteroatoms. The molecule has 2 aromatic rings. The molecule has 0 saturated heterocycles. The van der Waals surface area contributed by atoms with Crippen molar-refractivity contribution in [2.45, 2.75) is 32.6 Å². The van der Waals surface area contributed by atoms with Crippen molar-refractivity contribution < 1.29 is 9.47 Å². The fourth-order valence-electron chi connectivity index (χ4n) is 2.22. The van der Waals surface area contributed by atoms with E-state index >= 15 is 0 Å². The summed E-state index contributed by atoms with van der Waals surface area (Å²) in [6, 6.07) is 12.2. The van der Waals surface area contributed by atoms with E-state index in [9.17, 15) is 0 Å². The molecule has 0 radical (unpaired) electrons. The normalized spacial score (nSPS) is 10.6. The fourth-order valence-corrected chi connectivity index (χ4v) is 2.22. The smallest absolute Gasteiger partial charge is 0.126 e. The molecule has 0 bridgehead atoms. The molecule has 2 aromatic carbocycles. The molecular weight excluding hydrogens is 236 g/mol. The van der Waals surface area contributed by atoms with Crippen LogP contribution in [0.15, 0.2) is 36.4 Å². The average molecular weight is 258 g/mol. The molecule has 2 rings (SSSR count). The summed E-state index contributed by atoms with van der Waals surface area (Å²) in [5, 5.41) is 2.29. The Morgan fingerprint density at radius 2 is 1.89 bits per heavy atom. The van der Waals surface area contributed by atoms with Gasteiger partial charge in [0.1, 0.15) is 11.5 Å². The van der Waals surface area contributed by atoms with E-state index in [1.54, 1.807) is 7.11 Å². The highest BCUT2D eigenvalue weighted by Crippen LogP contribution is 2.28. The van der Waals surface area contributed by atoms with Crippen LogP contribution < -0.4 is 9.47 Å². The highest BCUT2D eigenvalue weighted by Gasteiger charge is 2.02. The number of benzene rings is 2. The maximum Gasteiger partial charge on any atom is 0.126 e. The van der Waals surface area contributed by atoms with Gasteiger partial charge < -0.3 is 9.47 Å². The Kier molecular flexibility index (Phi) is 5.08. The zero-order chi connectivity index (χ0) is 13.5. The maximum absolute atomic E-state index is 5.79. The first-order valence-electron chi connectivity index (χ1n) is 7.04. The summed E-state index contributed by atoms with van der Waals surface area (Å²) in [7, 11) is 1.70. The van der Waals surface area contributed by atoms with Crippen molar-refractivity contribution in [1.82, 2.24) is 0 Å². The average Bonchev–Trinajstić information content (AvgIpc) is 2.46. The second kappa shape index (κ2) is 7.03. The number of hydrogen-bond donors (Lipinski definition) is 0. The molecule has 0 N–H and O–H groups in total. The van der Waals surface area contributed by atoms with Gasteiger partial charge in [0, 0.05) is 5.39 Å². The fraction of sp³-hybridized carbons (Fsp3) is 0.412. The lowest BCUT2D eigenvalue weighted by atomic mass is 10.1. The topological polar surface area (TPSA) is 18.5 Å². The molecule has 0 aliphatic heterocycles. The van der Waals surface area contributed by atoms with Crippen molar-refractivity contribution in [3.05, 3.63) is 36.4 Å². The number of rotatable bonds is 7. The van der Waals surface area contributed by atoms with E-state index in [1.165, 1.54) is 19.3 Å². The van der Waals surface area contributed by atoms with E-state index in [2.05, 4.69) is 25.1 Å². The van der Waals surface area contributed by atoms with E-state index in [0.29, 0.717) is 0 Å². The zero-order valence-corrected chi connectivity index (χ0v) is 11.8. The van der Waals surface area contributed by atoms with E-state index in [1.807, 2.05) is 18.2 Å². The van der Waals surface area contributed by atoms with E-state index in [4.69, 9.17) is 9.47 Å². The highest BCUT2D eigenvalue weighted by molar-refractivity contribution is 5.89. The summed E-state index contributed by atoms with van der Waals surface area (Å²) in [5.41, 5.74) is 0. The second-order valence-corrected chi connectivity index (χ2v) is 4.75. The summed E-state index contributed by atoms with van der Waals surface area (Å²) in [6.07, 6.45) is 4.93. The largest absolute Gasteiger partial charge is 0.496 e. The van der Waals surface area contributed by atoms with Crippen LogP contribution >= 0.6 is 0 Å². The molecule has 0 heterocycles. The Hall–Kier alpha value is -1.70. The van der Waals surface area contributed by atoms with Crippen LogP contribution in [0.25, 0.3) is 10.8 Å². The van der Waals surface area contributed by atoms with Gasteiger partial charge in [-0.25, -0.2) is 0 Å². The number of ether oxygens (including phenoxy) is 2. The van der Waals surface area contributed by atoms with Gasteiger partial charge in [0.05, 0.1) is 13.7 Å². The SMILES string of the molecule is CCCCCCOc1ccc2c(OC)cccc2c1. The van der Waals surface area contributed by atoms with Crippen molar-refractivity contribution in [1.29, 1.82) is 0 Å². The number of hydrogen-bond acceptors (Lipinski definition) is 2. The Morgan fingerprint density at radius 1 is 1.00 bits per heavy atom. The third kappa shape index (κ3) is 3.63. The van der Waals surface area contributed by atoms with Gasteiger partial charge in [0.2, 0.25) is 0 Å². The molecule has 0 aliphatic rings. The van der Waals surface area contributed by atoms with Gasteiger partial charge in [-0.05, 0) is 36.1 Å². The highest BCUT2D eigenvalue weighted by atomic mass is 16.5. The molecule has 0 aromatic heterocycles. The van der Waals surface area contributed by atoms with Gasteiger partial charge in [-0.2, -0.15) is 0 Å². The van der Waals surface area contributed by atoms with Gasteiger partial charge in [0.15, 0.2) is 0 Å². The summed E-state index contributed by atoms with van der Waals surface area (Å²) < 4.78 is 11.1. The summed E-state index contributed by atoms with van der Waals surface area (Å²) in [6.45, 7) is 3.02. The van der Waals surface area contributed by atoms with Crippen LogP contribution in [0.2, 0.25) is 0 Å². The second-order valence-electron chi connectivity index (χ2n) is 4.75. The van der Waals surface area contributed by atoms with E-state index in [-0.39, 0.29) is 0 Å². The molecule has 0 unspecified atom stereocenters. The Labute approximate surface area is 115 Å². The molecular formula is C17H22O2. The van der Waals surface area contributed by atoms with Crippen LogP contribution in [0.4, 0.5) is 0 Å². The molecule has 0 atom stereocenters. The Morgan fingerprint density at radius 3 is 2.68 bits per heavy atom. The van der Waals surface area contributed by atoms with Crippen LogP contribution in [-0.4, -0.2) is 13.7 Å². The molecule has 0 fully saturated rings. The summed E-state index contributed by atoms with van der Waals surface area (Å²) in [5.74, 6) is 1.85. The first-order valence-corrected chi connectivity index (χ1v) is 7.04. The molecule has 2 nitrogen and oxygen atoms in total. The molecule has 0 saturated carbocycles. The quantitative estimate of drug-likeness (QED) is 0.664. The molecule has 102 valence electrons. The van der Waals surface area contributed by atoms with Crippen molar-refractivity contribution in [2.24, 2.45) is 0 Å². The van der Waals surface area contributed by atoms with Crippen molar-refractivity contribution in [3.8, 4) is 11.5 Å². The molecule has 19 heavy (non-hydrogen) atoms. The van der Waals surface area contributed by atoms with Gasteiger partial charge in [-0.15, -0.1) is 0 Å². The first kappa shape index (κ1) is 13.7. The lowest BCUT2D eigenvalue weighted by Gasteiger charge is -2.09. The molecule has 0 amide bonds. The number of methoxy groups -OCH3 is 1. The third-order valence-corrected chi connectivity index (χ3v) is 3.30. The van der Waals surface area contributed by atoms with Crippen LogP contribution in [0.5, 0.6) is 11.5 Å². The molecule has 0 spiro atoms. The monoisotopic (exact) mass is 258 g/mol. The minimum Gasteiger partial charge on any atom is -0.496 e. The lowest BCUT2D eigenvalue weighted by Crippen LogP contribution is -1.97.